The first-order valence-corrected chi connectivity index (χ1v) is 6.12. The van der Waals surface area contributed by atoms with E-state index in [1.165, 1.54) is 0 Å². The van der Waals surface area contributed by atoms with Crippen molar-refractivity contribution in [3.05, 3.63) is 33.8 Å². The normalized spacial score (nSPS) is 12.8. The molecule has 0 heterocycles. The van der Waals surface area contributed by atoms with Crippen molar-refractivity contribution in [2.75, 3.05) is 20.3 Å². The van der Waals surface area contributed by atoms with Crippen LogP contribution in [0.5, 0.6) is 0 Å². The zero-order valence-electron chi connectivity index (χ0n) is 9.59. The summed E-state index contributed by atoms with van der Waals surface area (Å²) in [4.78, 5) is 0. The van der Waals surface area contributed by atoms with Crippen molar-refractivity contribution in [2.24, 2.45) is 0 Å². The molecule has 1 aromatic carbocycles. The summed E-state index contributed by atoms with van der Waals surface area (Å²) in [5.74, 6) is 0. The average molecular weight is 262 g/mol. The molecule has 1 N–H and O–H groups in total. The first-order chi connectivity index (χ1) is 7.67. The van der Waals surface area contributed by atoms with Crippen LogP contribution >= 0.6 is 23.2 Å². The lowest BCUT2D eigenvalue weighted by atomic mass is 10.1. The summed E-state index contributed by atoms with van der Waals surface area (Å²) in [5.41, 5.74) is 1.09. The zero-order chi connectivity index (χ0) is 12.0. The van der Waals surface area contributed by atoms with Gasteiger partial charge in [-0.25, -0.2) is 0 Å². The third kappa shape index (κ3) is 4.30. The van der Waals surface area contributed by atoms with Gasteiger partial charge in [-0.1, -0.05) is 29.3 Å². The minimum absolute atomic E-state index is 0.277. The van der Waals surface area contributed by atoms with E-state index in [0.717, 1.165) is 18.6 Å². The molecule has 0 amide bonds. The summed E-state index contributed by atoms with van der Waals surface area (Å²) in [6.07, 6.45) is 0.840. The Morgan fingerprint density at radius 1 is 1.38 bits per heavy atom. The number of hydrogen-bond donors (Lipinski definition) is 1. The van der Waals surface area contributed by atoms with Gasteiger partial charge in [0, 0.05) is 22.7 Å². The van der Waals surface area contributed by atoms with Crippen molar-refractivity contribution < 1.29 is 4.74 Å². The lowest BCUT2D eigenvalue weighted by Gasteiger charge is -2.16. The standard InChI is InChI=1S/C12H17Cl2NO/c1-3-16-8-11(15-2)6-9-4-5-10(13)7-12(9)14/h4-5,7,11,15H,3,6,8H2,1-2H3. The second kappa shape index (κ2) is 7.13. The van der Waals surface area contributed by atoms with Gasteiger partial charge >= 0.3 is 0 Å². The Hall–Kier alpha value is -0.280. The molecule has 2 nitrogen and oxygen atoms in total. The van der Waals surface area contributed by atoms with Crippen molar-refractivity contribution in [1.82, 2.24) is 5.32 Å². The predicted octanol–water partition coefficient (Wildman–Crippen LogP) is 3.16. The van der Waals surface area contributed by atoms with Gasteiger partial charge in [0.05, 0.1) is 6.61 Å². The first kappa shape index (κ1) is 13.8. The lowest BCUT2D eigenvalue weighted by molar-refractivity contribution is 0.125. The Bertz CT molecular complexity index is 331. The van der Waals surface area contributed by atoms with E-state index in [1.54, 1.807) is 6.07 Å². The largest absolute Gasteiger partial charge is 0.380 e. The molecular weight excluding hydrogens is 245 g/mol. The quantitative estimate of drug-likeness (QED) is 0.850. The lowest BCUT2D eigenvalue weighted by Crippen LogP contribution is -2.32. The van der Waals surface area contributed by atoms with Gasteiger partial charge in [0.2, 0.25) is 0 Å². The molecule has 0 aliphatic heterocycles. The van der Waals surface area contributed by atoms with Gasteiger partial charge in [-0.3, -0.25) is 0 Å². The Balaban J connectivity index is 2.62. The highest BCUT2D eigenvalue weighted by molar-refractivity contribution is 6.35. The van der Waals surface area contributed by atoms with Gasteiger partial charge in [0.25, 0.3) is 0 Å². The minimum Gasteiger partial charge on any atom is -0.380 e. The highest BCUT2D eigenvalue weighted by Crippen LogP contribution is 2.22. The van der Waals surface area contributed by atoms with E-state index in [4.69, 9.17) is 27.9 Å². The summed E-state index contributed by atoms with van der Waals surface area (Å²) < 4.78 is 5.39. The number of ether oxygens (including phenoxy) is 1. The molecule has 0 spiro atoms. The molecule has 0 radical (unpaired) electrons. The second-order valence-corrected chi connectivity index (χ2v) is 4.43. The van der Waals surface area contributed by atoms with Crippen LogP contribution in [0.15, 0.2) is 18.2 Å². The van der Waals surface area contributed by atoms with Crippen molar-refractivity contribution >= 4 is 23.2 Å². The summed E-state index contributed by atoms with van der Waals surface area (Å²) in [7, 11) is 1.92. The molecule has 0 aromatic heterocycles. The third-order valence-corrected chi connectivity index (χ3v) is 3.00. The zero-order valence-corrected chi connectivity index (χ0v) is 11.1. The van der Waals surface area contributed by atoms with Gasteiger partial charge in [-0.2, -0.15) is 0 Å². The Morgan fingerprint density at radius 2 is 2.12 bits per heavy atom. The van der Waals surface area contributed by atoms with Crippen molar-refractivity contribution in [2.45, 2.75) is 19.4 Å². The van der Waals surface area contributed by atoms with Gasteiger partial charge < -0.3 is 10.1 Å². The number of hydrogen-bond acceptors (Lipinski definition) is 2. The van der Waals surface area contributed by atoms with E-state index in [2.05, 4.69) is 5.32 Å². The highest BCUT2D eigenvalue weighted by Gasteiger charge is 2.10. The van der Waals surface area contributed by atoms with Crippen LogP contribution in [0.25, 0.3) is 0 Å². The topological polar surface area (TPSA) is 21.3 Å². The predicted molar refractivity (Wildman–Crippen MR) is 69.5 cm³/mol. The summed E-state index contributed by atoms with van der Waals surface area (Å²) in [6.45, 7) is 3.40. The van der Waals surface area contributed by atoms with Gasteiger partial charge in [-0.15, -0.1) is 0 Å². The summed E-state index contributed by atoms with van der Waals surface area (Å²) in [6, 6.07) is 5.86. The highest BCUT2D eigenvalue weighted by atomic mass is 35.5. The molecule has 1 atom stereocenters. The monoisotopic (exact) mass is 261 g/mol. The van der Waals surface area contributed by atoms with Crippen LogP contribution in [0, 0.1) is 0 Å². The fourth-order valence-electron chi connectivity index (χ4n) is 1.46. The summed E-state index contributed by atoms with van der Waals surface area (Å²) in [5, 5.41) is 4.59. The molecule has 0 aliphatic rings. The Labute approximate surface area is 107 Å². The van der Waals surface area contributed by atoms with Gasteiger partial charge in [0.1, 0.15) is 0 Å². The Morgan fingerprint density at radius 3 is 2.69 bits per heavy atom. The second-order valence-electron chi connectivity index (χ2n) is 3.58. The van der Waals surface area contributed by atoms with Crippen LogP contribution in [0.3, 0.4) is 0 Å². The molecule has 0 aliphatic carbocycles. The number of benzene rings is 1. The molecular formula is C12H17Cl2NO. The maximum absolute atomic E-state index is 6.11. The van der Waals surface area contributed by atoms with Crippen molar-refractivity contribution in [3.8, 4) is 0 Å². The molecule has 0 saturated heterocycles. The van der Waals surface area contributed by atoms with Crippen LogP contribution in [-0.4, -0.2) is 26.3 Å². The van der Waals surface area contributed by atoms with Crippen LogP contribution in [0.1, 0.15) is 12.5 Å². The number of halogens is 2. The van der Waals surface area contributed by atoms with Gasteiger partial charge in [0.15, 0.2) is 0 Å². The van der Waals surface area contributed by atoms with Crippen molar-refractivity contribution in [3.63, 3.8) is 0 Å². The number of likely N-dealkylation sites (N-methyl/N-ethyl adjacent to an activating group) is 1. The summed E-state index contributed by atoms with van der Waals surface area (Å²) >= 11 is 12.0. The molecule has 1 unspecified atom stereocenters. The van der Waals surface area contributed by atoms with E-state index >= 15 is 0 Å². The molecule has 0 bridgehead atoms. The average Bonchev–Trinajstić information content (AvgIpc) is 2.27. The van der Waals surface area contributed by atoms with E-state index < -0.39 is 0 Å². The maximum Gasteiger partial charge on any atom is 0.0622 e. The maximum atomic E-state index is 6.11. The van der Waals surface area contributed by atoms with E-state index in [9.17, 15) is 0 Å². The SMILES string of the molecule is CCOCC(Cc1ccc(Cl)cc1Cl)NC. The van der Waals surface area contributed by atoms with Gasteiger partial charge in [-0.05, 0) is 38.1 Å². The molecule has 0 saturated carbocycles. The number of nitrogens with one attached hydrogen (secondary N) is 1. The molecule has 1 aromatic rings. The van der Waals surface area contributed by atoms with Crippen molar-refractivity contribution in [1.29, 1.82) is 0 Å². The van der Waals surface area contributed by atoms with Crippen LogP contribution in [0.4, 0.5) is 0 Å². The van der Waals surface area contributed by atoms with E-state index in [0.29, 0.717) is 16.7 Å². The molecule has 4 heteroatoms. The molecule has 0 fully saturated rings. The minimum atomic E-state index is 0.277. The van der Waals surface area contributed by atoms with E-state index in [1.807, 2.05) is 26.1 Å². The molecule has 1 rings (SSSR count). The fourth-order valence-corrected chi connectivity index (χ4v) is 1.94. The fraction of sp³-hybridized carbons (Fsp3) is 0.500. The van der Waals surface area contributed by atoms with E-state index in [-0.39, 0.29) is 6.04 Å². The number of rotatable bonds is 6. The van der Waals surface area contributed by atoms with Crippen LogP contribution in [-0.2, 0) is 11.2 Å². The molecule has 90 valence electrons. The van der Waals surface area contributed by atoms with Crippen LogP contribution < -0.4 is 5.32 Å². The van der Waals surface area contributed by atoms with Crippen LogP contribution in [0.2, 0.25) is 10.0 Å². The smallest absolute Gasteiger partial charge is 0.0622 e. The molecule has 16 heavy (non-hydrogen) atoms. The first-order valence-electron chi connectivity index (χ1n) is 5.36. The third-order valence-electron chi connectivity index (χ3n) is 2.41. The Kier molecular flexibility index (Phi) is 6.14.